The molecule has 1 N–H and O–H groups in total. The molecule has 4 unspecified atom stereocenters. The highest BCUT2D eigenvalue weighted by atomic mass is 35.5. The van der Waals surface area contributed by atoms with Gasteiger partial charge < -0.3 is 15.1 Å². The Hall–Kier alpha value is -1.85. The molecule has 0 aromatic heterocycles. The van der Waals surface area contributed by atoms with Crippen molar-refractivity contribution in [1.29, 1.82) is 0 Å². The Kier molecular flexibility index (Phi) is 5.98. The van der Waals surface area contributed by atoms with Crippen LogP contribution in [0, 0.1) is 5.92 Å². The normalized spacial score (nSPS) is 29.7. The molecule has 2 amide bonds. The summed E-state index contributed by atoms with van der Waals surface area (Å²) < 4.78 is 0. The standard InChI is InChI=1S/C23H30ClN3O2/c1-3-4-9-27-14-19(18-12-15(2)25-21(18)23(27)29)16-7-8-17(20(24)13-16)22(28)26-10-5-6-11-26/h3-4,7-8,13,15,18-19,21,25H,5-6,9-12,14H2,1-2H3/b4-3+. The number of likely N-dealkylation sites (tertiary alicyclic amines) is 2. The van der Waals surface area contributed by atoms with Crippen LogP contribution in [0.25, 0.3) is 0 Å². The summed E-state index contributed by atoms with van der Waals surface area (Å²) >= 11 is 6.59. The summed E-state index contributed by atoms with van der Waals surface area (Å²) in [6.07, 6.45) is 7.11. The number of fused-ring (bicyclic) bond motifs is 1. The molecule has 0 radical (unpaired) electrons. The molecule has 3 aliphatic heterocycles. The van der Waals surface area contributed by atoms with Crippen molar-refractivity contribution in [2.24, 2.45) is 5.92 Å². The Morgan fingerprint density at radius 1 is 1.31 bits per heavy atom. The molecule has 4 atom stereocenters. The topological polar surface area (TPSA) is 52.7 Å². The SMILES string of the molecule is C/C=C/CN1CC(c2ccc(C(=O)N3CCCC3)c(Cl)c2)C2CC(C)NC2C1=O. The fourth-order valence-electron chi connectivity index (χ4n) is 5.13. The van der Waals surface area contributed by atoms with Gasteiger partial charge in [-0.1, -0.05) is 29.8 Å². The number of carbonyl (C=O) groups excluding carboxylic acids is 2. The van der Waals surface area contributed by atoms with E-state index in [0.29, 0.717) is 29.7 Å². The van der Waals surface area contributed by atoms with Crippen LogP contribution >= 0.6 is 11.6 Å². The van der Waals surface area contributed by atoms with Crippen molar-refractivity contribution in [3.05, 3.63) is 46.5 Å². The highest BCUT2D eigenvalue weighted by molar-refractivity contribution is 6.33. The third kappa shape index (κ3) is 3.95. The van der Waals surface area contributed by atoms with Crippen LogP contribution in [0.3, 0.4) is 0 Å². The molecular weight excluding hydrogens is 386 g/mol. The second-order valence-corrected chi connectivity index (χ2v) is 9.01. The van der Waals surface area contributed by atoms with Gasteiger partial charge in [-0.3, -0.25) is 9.59 Å². The van der Waals surface area contributed by atoms with Gasteiger partial charge in [-0.05, 0) is 56.7 Å². The summed E-state index contributed by atoms with van der Waals surface area (Å²) in [5, 5.41) is 4.00. The molecule has 3 aliphatic rings. The van der Waals surface area contributed by atoms with E-state index in [0.717, 1.165) is 37.9 Å². The first-order chi connectivity index (χ1) is 14.0. The van der Waals surface area contributed by atoms with E-state index in [2.05, 4.69) is 12.2 Å². The van der Waals surface area contributed by atoms with Crippen LogP contribution in [0.1, 0.15) is 54.9 Å². The number of nitrogens with zero attached hydrogens (tertiary/aromatic N) is 2. The quantitative estimate of drug-likeness (QED) is 0.766. The molecule has 5 nitrogen and oxygen atoms in total. The summed E-state index contributed by atoms with van der Waals surface area (Å²) in [7, 11) is 0. The van der Waals surface area contributed by atoms with Gasteiger partial charge in [-0.2, -0.15) is 0 Å². The Bertz CT molecular complexity index is 818. The van der Waals surface area contributed by atoms with Crippen molar-refractivity contribution in [3.63, 3.8) is 0 Å². The monoisotopic (exact) mass is 415 g/mol. The van der Waals surface area contributed by atoms with Gasteiger partial charge in [0.25, 0.3) is 5.91 Å². The summed E-state index contributed by atoms with van der Waals surface area (Å²) in [5.74, 6) is 0.701. The molecule has 0 spiro atoms. The van der Waals surface area contributed by atoms with Crippen molar-refractivity contribution < 1.29 is 9.59 Å². The van der Waals surface area contributed by atoms with Crippen molar-refractivity contribution in [2.45, 2.75) is 51.1 Å². The van der Waals surface area contributed by atoms with Crippen LogP contribution in [0.5, 0.6) is 0 Å². The molecule has 1 aromatic rings. The van der Waals surface area contributed by atoms with E-state index in [9.17, 15) is 9.59 Å². The van der Waals surface area contributed by atoms with Gasteiger partial charge in [0, 0.05) is 38.1 Å². The van der Waals surface area contributed by atoms with Crippen molar-refractivity contribution in [3.8, 4) is 0 Å². The van der Waals surface area contributed by atoms with Crippen molar-refractivity contribution in [1.82, 2.24) is 15.1 Å². The molecule has 0 bridgehead atoms. The van der Waals surface area contributed by atoms with Gasteiger partial charge >= 0.3 is 0 Å². The molecular formula is C23H30ClN3O2. The lowest BCUT2D eigenvalue weighted by Gasteiger charge is -2.40. The zero-order valence-electron chi connectivity index (χ0n) is 17.2. The predicted octanol–water partition coefficient (Wildman–Crippen LogP) is 3.44. The highest BCUT2D eigenvalue weighted by Crippen LogP contribution is 2.40. The molecule has 3 heterocycles. The van der Waals surface area contributed by atoms with E-state index in [1.807, 2.05) is 47.1 Å². The average molecular weight is 416 g/mol. The average Bonchev–Trinajstić information content (AvgIpc) is 3.37. The summed E-state index contributed by atoms with van der Waals surface area (Å²) in [6, 6.07) is 6.07. The van der Waals surface area contributed by atoms with Gasteiger partial charge in [0.1, 0.15) is 0 Å². The lowest BCUT2D eigenvalue weighted by atomic mass is 9.77. The lowest BCUT2D eigenvalue weighted by Crippen LogP contribution is -2.54. The minimum atomic E-state index is -0.140. The number of hydrogen-bond donors (Lipinski definition) is 1. The van der Waals surface area contributed by atoms with Gasteiger partial charge in [0.05, 0.1) is 16.6 Å². The van der Waals surface area contributed by atoms with Crippen LogP contribution in [0.15, 0.2) is 30.4 Å². The minimum absolute atomic E-state index is 0.0293. The Balaban J connectivity index is 1.60. The maximum absolute atomic E-state index is 12.9. The van der Waals surface area contributed by atoms with E-state index >= 15 is 0 Å². The van der Waals surface area contributed by atoms with Crippen LogP contribution in [0.2, 0.25) is 5.02 Å². The Labute approximate surface area is 178 Å². The molecule has 6 heteroatoms. The third-order valence-electron chi connectivity index (χ3n) is 6.64. The maximum atomic E-state index is 12.9. The number of benzene rings is 1. The van der Waals surface area contributed by atoms with Gasteiger partial charge in [0.2, 0.25) is 5.91 Å². The van der Waals surface area contributed by atoms with Crippen LogP contribution in [-0.2, 0) is 4.79 Å². The number of piperidine rings is 1. The van der Waals surface area contributed by atoms with Gasteiger partial charge in [0.15, 0.2) is 0 Å². The van der Waals surface area contributed by atoms with Crippen molar-refractivity contribution in [2.75, 3.05) is 26.2 Å². The largest absolute Gasteiger partial charge is 0.339 e. The first kappa shape index (κ1) is 20.4. The number of halogens is 1. The van der Waals surface area contributed by atoms with E-state index in [1.54, 1.807) is 0 Å². The third-order valence-corrected chi connectivity index (χ3v) is 6.95. The molecule has 0 saturated carbocycles. The number of hydrogen-bond acceptors (Lipinski definition) is 3. The second kappa shape index (κ2) is 8.49. The molecule has 4 rings (SSSR count). The second-order valence-electron chi connectivity index (χ2n) is 8.60. The number of allylic oxidation sites excluding steroid dienone is 1. The fraction of sp³-hybridized carbons (Fsp3) is 0.565. The zero-order chi connectivity index (χ0) is 20.5. The maximum Gasteiger partial charge on any atom is 0.255 e. The lowest BCUT2D eigenvalue weighted by molar-refractivity contribution is -0.137. The summed E-state index contributed by atoms with van der Waals surface area (Å²) in [6.45, 7) is 7.06. The molecule has 3 saturated heterocycles. The molecule has 1 aromatic carbocycles. The first-order valence-electron chi connectivity index (χ1n) is 10.7. The molecule has 3 fully saturated rings. The van der Waals surface area contributed by atoms with Crippen molar-refractivity contribution >= 4 is 23.4 Å². The zero-order valence-corrected chi connectivity index (χ0v) is 18.0. The Morgan fingerprint density at radius 2 is 2.07 bits per heavy atom. The van der Waals surface area contributed by atoms with E-state index in [4.69, 9.17) is 11.6 Å². The van der Waals surface area contributed by atoms with Gasteiger partial charge in [-0.15, -0.1) is 0 Å². The van der Waals surface area contributed by atoms with E-state index < -0.39 is 0 Å². The predicted molar refractivity (Wildman–Crippen MR) is 115 cm³/mol. The number of nitrogens with one attached hydrogen (secondary N) is 1. The number of rotatable bonds is 4. The molecule has 0 aliphatic carbocycles. The molecule has 29 heavy (non-hydrogen) atoms. The minimum Gasteiger partial charge on any atom is -0.339 e. The molecule has 156 valence electrons. The van der Waals surface area contributed by atoms with E-state index in [1.165, 1.54) is 0 Å². The Morgan fingerprint density at radius 3 is 2.76 bits per heavy atom. The number of carbonyl (C=O) groups is 2. The van der Waals surface area contributed by atoms with Crippen LogP contribution in [-0.4, -0.2) is 59.9 Å². The highest BCUT2D eigenvalue weighted by Gasteiger charge is 2.47. The van der Waals surface area contributed by atoms with Crippen LogP contribution < -0.4 is 5.32 Å². The summed E-state index contributed by atoms with van der Waals surface area (Å²) in [5.41, 5.74) is 1.71. The summed E-state index contributed by atoms with van der Waals surface area (Å²) in [4.78, 5) is 29.5. The first-order valence-corrected chi connectivity index (χ1v) is 11.1. The van der Waals surface area contributed by atoms with Crippen LogP contribution in [0.4, 0.5) is 0 Å². The van der Waals surface area contributed by atoms with Gasteiger partial charge in [-0.25, -0.2) is 0 Å². The van der Waals surface area contributed by atoms with E-state index in [-0.39, 0.29) is 29.7 Å². The number of amides is 2. The fourth-order valence-corrected chi connectivity index (χ4v) is 5.40. The smallest absolute Gasteiger partial charge is 0.255 e.